The van der Waals surface area contributed by atoms with E-state index in [1.807, 2.05) is 24.5 Å². The molecular formula is C17H18N2O2. The minimum Gasteiger partial charge on any atom is -0.478 e. The normalized spacial score (nSPS) is 15.9. The highest BCUT2D eigenvalue weighted by Gasteiger charge is 2.21. The number of hydrogen-bond acceptors (Lipinski definition) is 3. The molecular weight excluding hydrogens is 264 g/mol. The van der Waals surface area contributed by atoms with Crippen LogP contribution in [0.2, 0.25) is 0 Å². The number of piperidine rings is 1. The van der Waals surface area contributed by atoms with Crippen LogP contribution in [0, 0.1) is 0 Å². The highest BCUT2D eigenvalue weighted by molar-refractivity contribution is 5.88. The largest absolute Gasteiger partial charge is 0.478 e. The molecule has 1 saturated heterocycles. The lowest BCUT2D eigenvalue weighted by Crippen LogP contribution is -2.32. The highest BCUT2D eigenvalue weighted by Crippen LogP contribution is 2.30. The first-order valence-electron chi connectivity index (χ1n) is 7.22. The van der Waals surface area contributed by atoms with Gasteiger partial charge in [0.05, 0.1) is 5.56 Å². The first kappa shape index (κ1) is 13.6. The molecule has 1 fully saturated rings. The van der Waals surface area contributed by atoms with Gasteiger partial charge >= 0.3 is 5.97 Å². The van der Waals surface area contributed by atoms with Crippen LogP contribution < -0.4 is 4.90 Å². The summed E-state index contributed by atoms with van der Waals surface area (Å²) in [6.45, 7) is 1.91. The highest BCUT2D eigenvalue weighted by atomic mass is 16.4. The van der Waals surface area contributed by atoms with Crippen LogP contribution in [-0.2, 0) is 0 Å². The molecule has 0 radical (unpaired) electrons. The Morgan fingerprint density at radius 1 is 1.14 bits per heavy atom. The number of carboxylic acid groups (broad SMARTS) is 1. The number of aromatic nitrogens is 1. The van der Waals surface area contributed by atoms with E-state index in [4.69, 9.17) is 5.11 Å². The van der Waals surface area contributed by atoms with Crippen molar-refractivity contribution in [2.75, 3.05) is 18.0 Å². The molecule has 4 nitrogen and oxygen atoms in total. The Bertz CT molecular complexity index is 620. The summed E-state index contributed by atoms with van der Waals surface area (Å²) in [5.74, 6) is -0.296. The van der Waals surface area contributed by atoms with Gasteiger partial charge in [0, 0.05) is 31.2 Å². The molecule has 1 aliphatic rings. The van der Waals surface area contributed by atoms with Crippen LogP contribution >= 0.6 is 0 Å². The molecule has 0 atom stereocenters. The van der Waals surface area contributed by atoms with Gasteiger partial charge in [-0.3, -0.25) is 4.98 Å². The van der Waals surface area contributed by atoms with Gasteiger partial charge in [0.2, 0.25) is 0 Å². The summed E-state index contributed by atoms with van der Waals surface area (Å²) in [5.41, 5.74) is 2.70. The lowest BCUT2D eigenvalue weighted by Gasteiger charge is -2.34. The number of pyridine rings is 1. The van der Waals surface area contributed by atoms with Crippen molar-refractivity contribution in [1.29, 1.82) is 0 Å². The molecule has 108 valence electrons. The topological polar surface area (TPSA) is 53.4 Å². The van der Waals surface area contributed by atoms with E-state index >= 15 is 0 Å². The first-order valence-corrected chi connectivity index (χ1v) is 7.22. The molecule has 2 heterocycles. The number of carboxylic acids is 1. The Hall–Kier alpha value is -2.36. The fourth-order valence-corrected chi connectivity index (χ4v) is 2.94. The van der Waals surface area contributed by atoms with Gasteiger partial charge in [-0.15, -0.1) is 0 Å². The van der Waals surface area contributed by atoms with E-state index in [1.165, 1.54) is 5.56 Å². The van der Waals surface area contributed by atoms with Crippen LogP contribution in [0.5, 0.6) is 0 Å². The van der Waals surface area contributed by atoms with Crippen molar-refractivity contribution in [2.45, 2.75) is 18.8 Å². The smallest absolute Gasteiger partial charge is 0.335 e. The van der Waals surface area contributed by atoms with Gasteiger partial charge in [-0.1, -0.05) is 6.07 Å². The third-order valence-corrected chi connectivity index (χ3v) is 4.13. The van der Waals surface area contributed by atoms with Crippen LogP contribution in [0.25, 0.3) is 0 Å². The molecule has 0 spiro atoms. The predicted octanol–water partition coefficient (Wildman–Crippen LogP) is 3.16. The van der Waals surface area contributed by atoms with E-state index in [9.17, 15) is 4.79 Å². The van der Waals surface area contributed by atoms with Crippen molar-refractivity contribution in [3.63, 3.8) is 0 Å². The number of rotatable bonds is 3. The Morgan fingerprint density at radius 2 is 1.86 bits per heavy atom. The van der Waals surface area contributed by atoms with Crippen LogP contribution in [-0.4, -0.2) is 29.1 Å². The second-order valence-electron chi connectivity index (χ2n) is 5.40. The Balaban J connectivity index is 1.68. The molecule has 4 heteroatoms. The second-order valence-corrected chi connectivity index (χ2v) is 5.40. The fraction of sp³-hybridized carbons (Fsp3) is 0.294. The van der Waals surface area contributed by atoms with Crippen molar-refractivity contribution < 1.29 is 9.90 Å². The van der Waals surface area contributed by atoms with E-state index in [-0.39, 0.29) is 0 Å². The van der Waals surface area contributed by atoms with Gasteiger partial charge < -0.3 is 10.0 Å². The number of aromatic carboxylic acids is 1. The minimum absolute atomic E-state index is 0.351. The number of nitrogens with zero attached hydrogens (tertiary/aromatic N) is 2. The lowest BCUT2D eigenvalue weighted by atomic mass is 9.90. The van der Waals surface area contributed by atoms with Gasteiger partial charge in [-0.25, -0.2) is 4.79 Å². The number of benzene rings is 1. The van der Waals surface area contributed by atoms with Crippen molar-refractivity contribution in [1.82, 2.24) is 4.98 Å². The first-order chi connectivity index (χ1) is 10.2. The van der Waals surface area contributed by atoms with Gasteiger partial charge in [0.1, 0.15) is 0 Å². The maximum Gasteiger partial charge on any atom is 0.335 e. The van der Waals surface area contributed by atoms with Crippen molar-refractivity contribution in [2.24, 2.45) is 0 Å². The van der Waals surface area contributed by atoms with Crippen molar-refractivity contribution in [3.8, 4) is 0 Å². The molecule has 0 amide bonds. The van der Waals surface area contributed by atoms with E-state index < -0.39 is 5.97 Å². The van der Waals surface area contributed by atoms with E-state index in [0.717, 1.165) is 31.6 Å². The average molecular weight is 282 g/mol. The van der Waals surface area contributed by atoms with E-state index in [2.05, 4.69) is 22.0 Å². The molecule has 0 bridgehead atoms. The van der Waals surface area contributed by atoms with Crippen LogP contribution in [0.1, 0.15) is 34.7 Å². The molecule has 1 aromatic heterocycles. The molecule has 0 unspecified atom stereocenters. The van der Waals surface area contributed by atoms with Gasteiger partial charge in [-0.2, -0.15) is 0 Å². The van der Waals surface area contributed by atoms with Gasteiger partial charge in [0.15, 0.2) is 0 Å². The van der Waals surface area contributed by atoms with Crippen molar-refractivity contribution in [3.05, 3.63) is 59.9 Å². The summed E-state index contributed by atoms with van der Waals surface area (Å²) in [7, 11) is 0. The monoisotopic (exact) mass is 282 g/mol. The summed E-state index contributed by atoms with van der Waals surface area (Å²) in [6, 6.07) is 11.4. The SMILES string of the molecule is O=C(O)c1cccc(N2CCC(c3ccncc3)CC2)c1. The molecule has 1 aromatic carbocycles. The summed E-state index contributed by atoms with van der Waals surface area (Å²) in [5, 5.41) is 9.07. The van der Waals surface area contributed by atoms with Crippen LogP contribution in [0.15, 0.2) is 48.8 Å². The maximum absolute atomic E-state index is 11.0. The molecule has 3 rings (SSSR count). The molecule has 0 saturated carbocycles. The third-order valence-electron chi connectivity index (χ3n) is 4.13. The standard InChI is InChI=1S/C17H18N2O2/c20-17(21)15-2-1-3-16(12-15)19-10-6-14(7-11-19)13-4-8-18-9-5-13/h1-5,8-9,12,14H,6-7,10-11H2,(H,20,21). The zero-order chi connectivity index (χ0) is 14.7. The van der Waals surface area contributed by atoms with Crippen LogP contribution in [0.3, 0.4) is 0 Å². The third kappa shape index (κ3) is 3.05. The van der Waals surface area contributed by atoms with E-state index in [1.54, 1.807) is 12.1 Å². The number of anilines is 1. The Morgan fingerprint density at radius 3 is 2.52 bits per heavy atom. The molecule has 21 heavy (non-hydrogen) atoms. The quantitative estimate of drug-likeness (QED) is 0.939. The summed E-state index contributed by atoms with van der Waals surface area (Å²) < 4.78 is 0. The molecule has 0 aliphatic carbocycles. The predicted molar refractivity (Wildman–Crippen MR) is 81.8 cm³/mol. The molecule has 1 N–H and O–H groups in total. The Labute approximate surface area is 124 Å². The molecule has 2 aromatic rings. The van der Waals surface area contributed by atoms with E-state index in [0.29, 0.717) is 11.5 Å². The molecule has 1 aliphatic heterocycles. The van der Waals surface area contributed by atoms with Crippen molar-refractivity contribution >= 4 is 11.7 Å². The summed E-state index contributed by atoms with van der Waals surface area (Å²) >= 11 is 0. The Kier molecular flexibility index (Phi) is 3.86. The van der Waals surface area contributed by atoms with Gasteiger partial charge in [-0.05, 0) is 54.7 Å². The number of carbonyl (C=O) groups is 1. The maximum atomic E-state index is 11.0. The fourth-order valence-electron chi connectivity index (χ4n) is 2.94. The van der Waals surface area contributed by atoms with Gasteiger partial charge in [0.25, 0.3) is 0 Å². The summed E-state index contributed by atoms with van der Waals surface area (Å²) in [6.07, 6.45) is 5.86. The second kappa shape index (κ2) is 5.95. The summed E-state index contributed by atoms with van der Waals surface area (Å²) in [4.78, 5) is 17.4. The van der Waals surface area contributed by atoms with Crippen LogP contribution in [0.4, 0.5) is 5.69 Å². The minimum atomic E-state index is -0.872. The number of hydrogen-bond donors (Lipinski definition) is 1. The zero-order valence-corrected chi connectivity index (χ0v) is 11.8. The zero-order valence-electron chi connectivity index (χ0n) is 11.8. The average Bonchev–Trinajstić information content (AvgIpc) is 2.56. The lowest BCUT2D eigenvalue weighted by molar-refractivity contribution is 0.0697.